The second-order valence-corrected chi connectivity index (χ2v) is 3.88. The van der Waals surface area contributed by atoms with E-state index in [4.69, 9.17) is 11.6 Å². The van der Waals surface area contributed by atoms with E-state index in [1.807, 2.05) is 0 Å². The fourth-order valence-corrected chi connectivity index (χ4v) is 1.50. The molecule has 0 spiro atoms. The standard InChI is InChI=1S/C13H13ClO5.Na/c1-3-19-13(17)11(15)10(12(16)18-2)8-4-6-9(14)7-5-8;/h4-7,15H,3H2,1-2H3;/b11-10+;. The molecule has 7 heteroatoms. The van der Waals surface area contributed by atoms with Crippen molar-refractivity contribution >= 4 is 58.7 Å². The van der Waals surface area contributed by atoms with E-state index in [1.54, 1.807) is 6.92 Å². The Morgan fingerprint density at radius 3 is 2.20 bits per heavy atom. The van der Waals surface area contributed by atoms with Gasteiger partial charge in [0, 0.05) is 34.6 Å². The van der Waals surface area contributed by atoms with Crippen LogP contribution in [0.2, 0.25) is 5.02 Å². The molecular weight excluding hydrogens is 295 g/mol. The van der Waals surface area contributed by atoms with Crippen LogP contribution in [-0.4, -0.2) is 60.3 Å². The van der Waals surface area contributed by atoms with Gasteiger partial charge in [-0.1, -0.05) is 23.7 Å². The predicted octanol–water partition coefficient (Wildman–Crippen LogP) is 1.96. The molecule has 1 N–H and O–H groups in total. The van der Waals surface area contributed by atoms with Gasteiger partial charge in [-0.25, -0.2) is 9.59 Å². The second kappa shape index (κ2) is 9.02. The summed E-state index contributed by atoms with van der Waals surface area (Å²) >= 11 is 5.74. The van der Waals surface area contributed by atoms with E-state index in [0.29, 0.717) is 10.6 Å². The molecule has 20 heavy (non-hydrogen) atoms. The zero-order valence-electron chi connectivity index (χ0n) is 11.5. The van der Waals surface area contributed by atoms with Crippen LogP contribution in [0.5, 0.6) is 0 Å². The summed E-state index contributed by atoms with van der Waals surface area (Å²) in [5.74, 6) is -2.62. The van der Waals surface area contributed by atoms with Crippen molar-refractivity contribution in [3.8, 4) is 0 Å². The van der Waals surface area contributed by atoms with Crippen molar-refractivity contribution < 1.29 is 24.2 Å². The number of rotatable bonds is 4. The predicted molar refractivity (Wildman–Crippen MR) is 75.4 cm³/mol. The van der Waals surface area contributed by atoms with Crippen molar-refractivity contribution in [2.45, 2.75) is 6.92 Å². The van der Waals surface area contributed by atoms with Crippen molar-refractivity contribution in [1.29, 1.82) is 0 Å². The molecule has 1 aromatic carbocycles. The third kappa shape index (κ3) is 4.83. The summed E-state index contributed by atoms with van der Waals surface area (Å²) in [6.45, 7) is 1.67. The Hall–Kier alpha value is -1.01. The summed E-state index contributed by atoms with van der Waals surface area (Å²) in [5, 5.41) is 10.3. The number of methoxy groups -OCH3 is 1. The number of esters is 2. The number of carbonyl (C=O) groups excluding carboxylic acids is 2. The van der Waals surface area contributed by atoms with E-state index in [2.05, 4.69) is 9.47 Å². The molecule has 0 aliphatic carbocycles. The quantitative estimate of drug-likeness (QED) is 0.398. The number of halogens is 1. The van der Waals surface area contributed by atoms with E-state index in [-0.39, 0.29) is 41.7 Å². The van der Waals surface area contributed by atoms with Gasteiger partial charge in [0.25, 0.3) is 0 Å². The Kier molecular flexibility index (Phi) is 8.57. The molecule has 0 bridgehead atoms. The first kappa shape index (κ1) is 19.0. The van der Waals surface area contributed by atoms with Crippen LogP contribution in [0, 0.1) is 0 Å². The Balaban J connectivity index is 0.00000361. The van der Waals surface area contributed by atoms with E-state index in [0.717, 1.165) is 7.11 Å². The fourth-order valence-electron chi connectivity index (χ4n) is 1.37. The monoisotopic (exact) mass is 307 g/mol. The Morgan fingerprint density at radius 2 is 1.75 bits per heavy atom. The van der Waals surface area contributed by atoms with E-state index < -0.39 is 17.7 Å². The van der Waals surface area contributed by atoms with Crippen LogP contribution in [-0.2, 0) is 19.1 Å². The number of hydrogen-bond acceptors (Lipinski definition) is 5. The SMILES string of the molecule is CCOC(=O)/C(O)=C(\C(=O)OC)c1ccc(Cl)cc1.[Na]. The smallest absolute Gasteiger partial charge is 0.374 e. The molecule has 0 fully saturated rings. The minimum atomic E-state index is -0.988. The molecule has 1 radical (unpaired) electrons. The summed E-state index contributed by atoms with van der Waals surface area (Å²) < 4.78 is 9.19. The third-order valence-corrected chi connectivity index (χ3v) is 2.48. The fraction of sp³-hybridized carbons (Fsp3) is 0.231. The maximum atomic E-state index is 11.7. The molecule has 0 aliphatic rings. The average Bonchev–Trinajstić information content (AvgIpc) is 2.41. The topological polar surface area (TPSA) is 72.8 Å². The number of benzene rings is 1. The van der Waals surface area contributed by atoms with Crippen molar-refractivity contribution in [2.24, 2.45) is 0 Å². The van der Waals surface area contributed by atoms with Gasteiger partial charge in [-0.15, -0.1) is 0 Å². The minimum Gasteiger partial charge on any atom is -0.501 e. The summed E-state index contributed by atoms with van der Waals surface area (Å²) in [7, 11) is 1.15. The van der Waals surface area contributed by atoms with Gasteiger partial charge in [-0.3, -0.25) is 0 Å². The third-order valence-electron chi connectivity index (χ3n) is 2.23. The molecule has 1 aromatic rings. The van der Waals surface area contributed by atoms with Gasteiger partial charge in [0.2, 0.25) is 5.76 Å². The molecule has 0 amide bonds. The van der Waals surface area contributed by atoms with Crippen LogP contribution < -0.4 is 0 Å². The summed E-state index contributed by atoms with van der Waals surface area (Å²) in [5.41, 5.74) is 0.0411. The molecule has 0 atom stereocenters. The maximum absolute atomic E-state index is 11.7. The number of ether oxygens (including phenoxy) is 2. The number of aliphatic hydroxyl groups excluding tert-OH is 1. The molecular formula is C13H13ClNaO5. The zero-order valence-corrected chi connectivity index (χ0v) is 14.2. The zero-order chi connectivity index (χ0) is 14.4. The van der Waals surface area contributed by atoms with Crippen LogP contribution in [0.3, 0.4) is 0 Å². The molecule has 0 unspecified atom stereocenters. The van der Waals surface area contributed by atoms with Crippen molar-refractivity contribution in [3.05, 3.63) is 40.6 Å². The van der Waals surface area contributed by atoms with Crippen LogP contribution in [0.25, 0.3) is 5.57 Å². The summed E-state index contributed by atoms with van der Waals surface area (Å²) in [4.78, 5) is 23.1. The molecule has 5 nitrogen and oxygen atoms in total. The molecule has 0 saturated heterocycles. The molecule has 0 aromatic heterocycles. The van der Waals surface area contributed by atoms with E-state index >= 15 is 0 Å². The number of carbonyl (C=O) groups is 2. The summed E-state index contributed by atoms with van der Waals surface area (Å²) in [6.07, 6.45) is 0. The van der Waals surface area contributed by atoms with Crippen LogP contribution >= 0.6 is 11.6 Å². The number of aliphatic hydroxyl groups is 1. The first-order chi connectivity index (χ1) is 9.01. The van der Waals surface area contributed by atoms with Gasteiger partial charge < -0.3 is 14.6 Å². The van der Waals surface area contributed by atoms with Crippen molar-refractivity contribution in [1.82, 2.24) is 0 Å². The number of hydrogen-bond donors (Lipinski definition) is 1. The molecule has 0 heterocycles. The van der Waals surface area contributed by atoms with E-state index in [9.17, 15) is 14.7 Å². The molecule has 0 aliphatic heterocycles. The van der Waals surface area contributed by atoms with Crippen LogP contribution in [0.1, 0.15) is 12.5 Å². The molecule has 103 valence electrons. The van der Waals surface area contributed by atoms with Crippen molar-refractivity contribution in [3.63, 3.8) is 0 Å². The summed E-state index contributed by atoms with van der Waals surface area (Å²) in [6, 6.07) is 6.03. The largest absolute Gasteiger partial charge is 0.501 e. The van der Waals surface area contributed by atoms with Gasteiger partial charge in [-0.05, 0) is 24.6 Å². The van der Waals surface area contributed by atoms with Gasteiger partial charge in [0.15, 0.2) is 0 Å². The van der Waals surface area contributed by atoms with Gasteiger partial charge in [0.05, 0.1) is 13.7 Å². The maximum Gasteiger partial charge on any atom is 0.374 e. The van der Waals surface area contributed by atoms with Gasteiger partial charge in [0.1, 0.15) is 5.57 Å². The Bertz CT molecular complexity index is 510. The van der Waals surface area contributed by atoms with Gasteiger partial charge >= 0.3 is 11.9 Å². The first-order valence-corrected chi connectivity index (χ1v) is 5.83. The van der Waals surface area contributed by atoms with Crippen LogP contribution in [0.15, 0.2) is 30.0 Å². The van der Waals surface area contributed by atoms with Crippen LogP contribution in [0.4, 0.5) is 0 Å². The Morgan fingerprint density at radius 1 is 1.20 bits per heavy atom. The second-order valence-electron chi connectivity index (χ2n) is 3.44. The first-order valence-electron chi connectivity index (χ1n) is 5.45. The Labute approximate surface area is 143 Å². The molecule has 1 rings (SSSR count). The normalized spacial score (nSPS) is 10.9. The van der Waals surface area contributed by atoms with E-state index in [1.165, 1.54) is 24.3 Å². The molecule has 0 saturated carbocycles. The van der Waals surface area contributed by atoms with Gasteiger partial charge in [-0.2, -0.15) is 0 Å². The average molecular weight is 308 g/mol. The van der Waals surface area contributed by atoms with Crippen molar-refractivity contribution in [2.75, 3.05) is 13.7 Å². The minimum absolute atomic E-state index is 0.